The van der Waals surface area contributed by atoms with E-state index >= 15 is 0 Å². The van der Waals surface area contributed by atoms with Crippen molar-refractivity contribution in [2.45, 2.75) is 26.3 Å². The molecule has 1 N–H and O–H groups in total. The Kier molecular flexibility index (Phi) is 6.82. The highest BCUT2D eigenvalue weighted by Gasteiger charge is 2.01. The minimum absolute atomic E-state index is 0.152. The Labute approximate surface area is 104 Å². The van der Waals surface area contributed by atoms with Gasteiger partial charge >= 0.3 is 0 Å². The molecule has 1 aromatic carbocycles. The number of benzene rings is 1. The third-order valence-corrected chi connectivity index (χ3v) is 2.66. The lowest BCUT2D eigenvalue weighted by Gasteiger charge is -2.16. The zero-order valence-corrected chi connectivity index (χ0v) is 10.9. The first kappa shape index (κ1) is 14.1. The summed E-state index contributed by atoms with van der Waals surface area (Å²) in [6.07, 6.45) is 2.31. The highest BCUT2D eigenvalue weighted by atomic mass is 19.1. The molecule has 0 saturated carbocycles. The van der Waals surface area contributed by atoms with Gasteiger partial charge in [0.15, 0.2) is 0 Å². The lowest BCUT2D eigenvalue weighted by Crippen LogP contribution is -2.24. The lowest BCUT2D eigenvalue weighted by atomic mass is 10.2. The van der Waals surface area contributed by atoms with Crippen LogP contribution in [0.25, 0.3) is 0 Å². The van der Waals surface area contributed by atoms with Crippen molar-refractivity contribution in [2.24, 2.45) is 0 Å². The van der Waals surface area contributed by atoms with E-state index in [1.807, 2.05) is 6.07 Å². The average molecular weight is 238 g/mol. The zero-order valence-electron chi connectivity index (χ0n) is 10.9. The van der Waals surface area contributed by atoms with Gasteiger partial charge in [-0.05, 0) is 57.2 Å². The van der Waals surface area contributed by atoms with Crippen LogP contribution in [0.5, 0.6) is 0 Å². The first-order valence-corrected chi connectivity index (χ1v) is 6.36. The summed E-state index contributed by atoms with van der Waals surface area (Å²) in [5, 5.41) is 3.38. The van der Waals surface area contributed by atoms with Crippen molar-refractivity contribution in [3.8, 4) is 0 Å². The quantitative estimate of drug-likeness (QED) is 0.700. The molecule has 1 rings (SSSR count). The number of hydrogen-bond acceptors (Lipinski definition) is 2. The molecule has 0 spiro atoms. The standard InChI is InChI=1S/C14H23FN2/c1-3-8-16-9-5-10-17(2)12-13-6-4-7-14(15)11-13/h4,6-7,11,16H,3,5,8-10,12H2,1-2H3. The maximum absolute atomic E-state index is 13.0. The molecule has 0 unspecified atom stereocenters. The number of nitrogens with one attached hydrogen (secondary N) is 1. The fourth-order valence-corrected chi connectivity index (χ4v) is 1.80. The van der Waals surface area contributed by atoms with E-state index in [4.69, 9.17) is 0 Å². The van der Waals surface area contributed by atoms with Crippen LogP contribution >= 0.6 is 0 Å². The van der Waals surface area contributed by atoms with E-state index in [-0.39, 0.29) is 5.82 Å². The first-order valence-electron chi connectivity index (χ1n) is 6.36. The Bertz CT molecular complexity index is 315. The van der Waals surface area contributed by atoms with Gasteiger partial charge in [-0.15, -0.1) is 0 Å². The van der Waals surface area contributed by atoms with Gasteiger partial charge in [0.1, 0.15) is 5.82 Å². The van der Waals surface area contributed by atoms with E-state index in [0.29, 0.717) is 0 Å². The summed E-state index contributed by atoms with van der Waals surface area (Å²) in [5.41, 5.74) is 1.04. The predicted octanol–water partition coefficient (Wildman–Crippen LogP) is 2.65. The molecule has 3 heteroatoms. The topological polar surface area (TPSA) is 15.3 Å². The fourth-order valence-electron chi connectivity index (χ4n) is 1.80. The van der Waals surface area contributed by atoms with Crippen LogP contribution in [-0.4, -0.2) is 31.6 Å². The SMILES string of the molecule is CCCNCCCN(C)Cc1cccc(F)c1. The van der Waals surface area contributed by atoms with E-state index < -0.39 is 0 Å². The monoisotopic (exact) mass is 238 g/mol. The first-order chi connectivity index (χ1) is 8.22. The van der Waals surface area contributed by atoms with Gasteiger partial charge in [-0.25, -0.2) is 4.39 Å². The van der Waals surface area contributed by atoms with Crippen molar-refractivity contribution in [3.05, 3.63) is 35.6 Å². The van der Waals surface area contributed by atoms with Crippen molar-refractivity contribution in [1.82, 2.24) is 10.2 Å². The summed E-state index contributed by atoms with van der Waals surface area (Å²) in [5.74, 6) is -0.152. The maximum atomic E-state index is 13.0. The number of nitrogens with zero attached hydrogens (tertiary/aromatic N) is 1. The zero-order chi connectivity index (χ0) is 12.5. The Hall–Kier alpha value is -0.930. The van der Waals surface area contributed by atoms with E-state index in [9.17, 15) is 4.39 Å². The minimum atomic E-state index is -0.152. The normalized spacial score (nSPS) is 11.1. The molecule has 96 valence electrons. The molecule has 0 radical (unpaired) electrons. The van der Waals surface area contributed by atoms with Gasteiger partial charge in [0, 0.05) is 6.54 Å². The molecule has 17 heavy (non-hydrogen) atoms. The highest BCUT2D eigenvalue weighted by Crippen LogP contribution is 2.06. The van der Waals surface area contributed by atoms with Crippen LogP contribution in [-0.2, 0) is 6.54 Å². The average Bonchev–Trinajstić information content (AvgIpc) is 2.29. The van der Waals surface area contributed by atoms with E-state index in [1.54, 1.807) is 12.1 Å². The third-order valence-electron chi connectivity index (χ3n) is 2.66. The van der Waals surface area contributed by atoms with Crippen molar-refractivity contribution >= 4 is 0 Å². The van der Waals surface area contributed by atoms with Crippen LogP contribution in [0, 0.1) is 5.82 Å². The van der Waals surface area contributed by atoms with Gasteiger partial charge in [-0.2, -0.15) is 0 Å². The molecule has 0 amide bonds. The second-order valence-corrected chi connectivity index (χ2v) is 4.47. The molecule has 0 aliphatic rings. The summed E-state index contributed by atoms with van der Waals surface area (Å²) >= 11 is 0. The minimum Gasteiger partial charge on any atom is -0.317 e. The van der Waals surface area contributed by atoms with Crippen LogP contribution in [0.15, 0.2) is 24.3 Å². The highest BCUT2D eigenvalue weighted by molar-refractivity contribution is 5.15. The van der Waals surface area contributed by atoms with Gasteiger partial charge in [-0.1, -0.05) is 19.1 Å². The largest absolute Gasteiger partial charge is 0.317 e. The van der Waals surface area contributed by atoms with Gasteiger partial charge in [0.05, 0.1) is 0 Å². The molecule has 0 saturated heterocycles. The number of hydrogen-bond donors (Lipinski definition) is 1. The Morgan fingerprint density at radius 1 is 1.29 bits per heavy atom. The Morgan fingerprint density at radius 2 is 2.12 bits per heavy atom. The Balaban J connectivity index is 2.18. The predicted molar refractivity (Wildman–Crippen MR) is 70.5 cm³/mol. The molecular weight excluding hydrogens is 215 g/mol. The molecule has 0 fully saturated rings. The second kappa shape index (κ2) is 8.20. The Morgan fingerprint density at radius 3 is 2.82 bits per heavy atom. The maximum Gasteiger partial charge on any atom is 0.123 e. The van der Waals surface area contributed by atoms with Gasteiger partial charge in [0.25, 0.3) is 0 Å². The van der Waals surface area contributed by atoms with Crippen molar-refractivity contribution in [1.29, 1.82) is 0 Å². The molecule has 0 heterocycles. The van der Waals surface area contributed by atoms with Crippen LogP contribution in [0.2, 0.25) is 0 Å². The van der Waals surface area contributed by atoms with Crippen LogP contribution in [0.4, 0.5) is 4.39 Å². The van der Waals surface area contributed by atoms with Crippen molar-refractivity contribution in [3.63, 3.8) is 0 Å². The van der Waals surface area contributed by atoms with E-state index in [2.05, 4.69) is 24.2 Å². The fraction of sp³-hybridized carbons (Fsp3) is 0.571. The van der Waals surface area contributed by atoms with Crippen molar-refractivity contribution < 1.29 is 4.39 Å². The van der Waals surface area contributed by atoms with Crippen LogP contribution in [0.3, 0.4) is 0 Å². The summed E-state index contributed by atoms with van der Waals surface area (Å²) < 4.78 is 13.0. The van der Waals surface area contributed by atoms with E-state index in [0.717, 1.165) is 38.2 Å². The molecule has 0 bridgehead atoms. The summed E-state index contributed by atoms with van der Waals surface area (Å²) in [7, 11) is 2.07. The molecular formula is C14H23FN2. The summed E-state index contributed by atoms with van der Waals surface area (Å²) in [6, 6.07) is 6.82. The smallest absolute Gasteiger partial charge is 0.123 e. The molecule has 0 atom stereocenters. The molecule has 0 aromatic heterocycles. The number of halogens is 1. The number of rotatable bonds is 8. The van der Waals surface area contributed by atoms with Crippen molar-refractivity contribution in [2.75, 3.05) is 26.7 Å². The van der Waals surface area contributed by atoms with Gasteiger partial charge in [0.2, 0.25) is 0 Å². The third kappa shape index (κ3) is 6.39. The van der Waals surface area contributed by atoms with Crippen LogP contribution in [0.1, 0.15) is 25.3 Å². The molecule has 0 aliphatic carbocycles. The van der Waals surface area contributed by atoms with Gasteiger partial charge < -0.3 is 10.2 Å². The van der Waals surface area contributed by atoms with E-state index in [1.165, 1.54) is 12.5 Å². The molecule has 1 aromatic rings. The summed E-state index contributed by atoms with van der Waals surface area (Å²) in [4.78, 5) is 2.22. The molecule has 0 aliphatic heterocycles. The van der Waals surface area contributed by atoms with Gasteiger partial charge in [-0.3, -0.25) is 0 Å². The lowest BCUT2D eigenvalue weighted by molar-refractivity contribution is 0.319. The van der Waals surface area contributed by atoms with Crippen LogP contribution < -0.4 is 5.32 Å². The second-order valence-electron chi connectivity index (χ2n) is 4.47. The molecule has 2 nitrogen and oxygen atoms in total. The summed E-state index contributed by atoms with van der Waals surface area (Å²) in [6.45, 7) is 6.16.